The molecular weight excluding hydrogens is 416 g/mol. The molecule has 11 nitrogen and oxygen atoms in total. The van der Waals surface area contributed by atoms with Gasteiger partial charge in [0.05, 0.1) is 32.6 Å². The normalized spacial score (nSPS) is 19.9. The Morgan fingerprint density at radius 1 is 0.935 bits per heavy atom. The summed E-state index contributed by atoms with van der Waals surface area (Å²) in [5.41, 5.74) is 0.333. The van der Waals surface area contributed by atoms with E-state index in [2.05, 4.69) is 0 Å². The predicted molar refractivity (Wildman–Crippen MR) is 101 cm³/mol. The molecule has 2 heterocycles. The van der Waals surface area contributed by atoms with Crippen LogP contribution in [-0.4, -0.2) is 65.6 Å². The van der Waals surface area contributed by atoms with Crippen molar-refractivity contribution in [2.45, 2.75) is 25.0 Å². The number of carboxylic acid groups (broad SMARTS) is 2. The Balaban J connectivity index is 2.17. The molecule has 0 bridgehead atoms. The number of carbonyl (C=O) groups excluding carboxylic acids is 2. The van der Waals surface area contributed by atoms with Gasteiger partial charge < -0.3 is 34.3 Å². The molecule has 0 fully saturated rings. The van der Waals surface area contributed by atoms with Crippen molar-refractivity contribution in [2.24, 2.45) is 0 Å². The highest BCUT2D eigenvalue weighted by Gasteiger charge is 2.37. The Kier molecular flexibility index (Phi) is 5.86. The zero-order valence-corrected chi connectivity index (χ0v) is 16.4. The lowest BCUT2D eigenvalue weighted by atomic mass is 9.91. The first-order chi connectivity index (χ1) is 14.7. The number of methoxy groups -OCH3 is 2. The fourth-order valence-electron chi connectivity index (χ4n) is 3.51. The molecule has 0 radical (unpaired) electrons. The Morgan fingerprint density at radius 2 is 1.45 bits per heavy atom. The van der Waals surface area contributed by atoms with Gasteiger partial charge in [-0.15, -0.1) is 0 Å². The molecule has 0 amide bonds. The lowest BCUT2D eigenvalue weighted by Crippen LogP contribution is -2.18. The van der Waals surface area contributed by atoms with E-state index in [4.69, 9.17) is 29.2 Å². The molecule has 0 spiro atoms. The van der Waals surface area contributed by atoms with Gasteiger partial charge in [-0.25, -0.2) is 9.59 Å². The molecule has 1 aromatic carbocycles. The fraction of sp³-hybridized carbons (Fsp3) is 0.300. The van der Waals surface area contributed by atoms with Crippen LogP contribution in [0.5, 0.6) is 17.2 Å². The number of ether oxygens (including phenoxy) is 4. The van der Waals surface area contributed by atoms with Crippen LogP contribution >= 0.6 is 0 Å². The minimum Gasteiger partial charge on any atom is -0.504 e. The number of phenolic OH excluding ortho intramolecular Hbond substituents is 1. The molecule has 3 rings (SSSR count). The molecule has 2 unspecified atom stereocenters. The van der Waals surface area contributed by atoms with Crippen LogP contribution in [0.1, 0.15) is 24.0 Å². The molecule has 31 heavy (non-hydrogen) atoms. The lowest BCUT2D eigenvalue weighted by Gasteiger charge is -2.21. The molecule has 164 valence electrons. The summed E-state index contributed by atoms with van der Waals surface area (Å²) < 4.78 is 20.7. The van der Waals surface area contributed by atoms with Crippen molar-refractivity contribution in [1.82, 2.24) is 0 Å². The van der Waals surface area contributed by atoms with Gasteiger partial charge in [0.25, 0.3) is 0 Å². The number of aliphatic carboxylic acids is 2. The van der Waals surface area contributed by atoms with E-state index in [9.17, 15) is 24.3 Å². The third-order valence-electron chi connectivity index (χ3n) is 4.72. The number of hydrogen-bond donors (Lipinski definition) is 3. The number of rotatable bonds is 8. The molecule has 0 saturated heterocycles. The lowest BCUT2D eigenvalue weighted by molar-refractivity contribution is -0.146. The highest BCUT2D eigenvalue weighted by atomic mass is 16.6. The Morgan fingerprint density at radius 3 is 1.94 bits per heavy atom. The Labute approximate surface area is 175 Å². The van der Waals surface area contributed by atoms with Gasteiger partial charge in [-0.1, -0.05) is 0 Å². The van der Waals surface area contributed by atoms with Gasteiger partial charge in [-0.05, 0) is 6.07 Å². The van der Waals surface area contributed by atoms with Crippen LogP contribution in [0.3, 0.4) is 0 Å². The van der Waals surface area contributed by atoms with E-state index in [-0.39, 0.29) is 33.8 Å². The van der Waals surface area contributed by atoms with E-state index in [1.165, 1.54) is 20.3 Å². The van der Waals surface area contributed by atoms with E-state index >= 15 is 0 Å². The summed E-state index contributed by atoms with van der Waals surface area (Å²) in [4.78, 5) is 45.8. The monoisotopic (exact) mass is 434 g/mol. The van der Waals surface area contributed by atoms with Crippen LogP contribution in [0.25, 0.3) is 11.1 Å². The van der Waals surface area contributed by atoms with Gasteiger partial charge in [-0.3, -0.25) is 9.59 Å². The van der Waals surface area contributed by atoms with Gasteiger partial charge >= 0.3 is 23.9 Å². The molecular formula is C20H18O11. The second-order valence-corrected chi connectivity index (χ2v) is 6.63. The van der Waals surface area contributed by atoms with Crippen molar-refractivity contribution in [3.8, 4) is 17.2 Å². The second kappa shape index (κ2) is 8.38. The largest absolute Gasteiger partial charge is 0.504 e. The average molecular weight is 434 g/mol. The highest BCUT2D eigenvalue weighted by Crippen LogP contribution is 2.49. The standard InChI is InChI=1S/C20H18O11/c1-28-13-3-9(8-4-16(25)30-11(8)6-14(21)22)20(29-2)19(27)18(13)10-5-17(26)31-12(10)7-15(23)24/h3-5,11-12,27H,6-7H2,1-2H3,(H,21,22)(H,23,24). The molecule has 3 N–H and O–H groups in total. The highest BCUT2D eigenvalue weighted by molar-refractivity contribution is 6.03. The zero-order chi connectivity index (χ0) is 22.9. The minimum absolute atomic E-state index is 0.0163. The van der Waals surface area contributed by atoms with Crippen LogP contribution in [0.4, 0.5) is 0 Å². The fourth-order valence-corrected chi connectivity index (χ4v) is 3.51. The summed E-state index contributed by atoms with van der Waals surface area (Å²) in [7, 11) is 2.51. The first-order valence-corrected chi connectivity index (χ1v) is 8.92. The number of cyclic esters (lactones) is 2. The number of carboxylic acids is 2. The van der Waals surface area contributed by atoms with Crippen molar-refractivity contribution in [1.29, 1.82) is 0 Å². The molecule has 1 aromatic rings. The summed E-state index contributed by atoms with van der Waals surface area (Å²) >= 11 is 0. The maximum atomic E-state index is 11.8. The molecule has 0 saturated carbocycles. The Bertz CT molecular complexity index is 1030. The second-order valence-electron chi connectivity index (χ2n) is 6.63. The predicted octanol–water partition coefficient (Wildman–Crippen LogP) is 0.976. The summed E-state index contributed by atoms with van der Waals surface area (Å²) in [5, 5.41) is 29.1. The number of aromatic hydroxyl groups is 1. The van der Waals surface area contributed by atoms with Gasteiger partial charge in [0.1, 0.15) is 18.0 Å². The third-order valence-corrected chi connectivity index (χ3v) is 4.72. The van der Waals surface area contributed by atoms with E-state index in [0.717, 1.165) is 12.2 Å². The van der Waals surface area contributed by atoms with Crippen molar-refractivity contribution >= 4 is 35.0 Å². The van der Waals surface area contributed by atoms with Gasteiger partial charge in [0.2, 0.25) is 0 Å². The van der Waals surface area contributed by atoms with Gasteiger partial charge in [-0.2, -0.15) is 0 Å². The van der Waals surface area contributed by atoms with Crippen LogP contribution in [-0.2, 0) is 28.7 Å². The molecule has 2 atom stereocenters. The van der Waals surface area contributed by atoms with E-state index in [0.29, 0.717) is 0 Å². The maximum Gasteiger partial charge on any atom is 0.331 e. The van der Waals surface area contributed by atoms with Crippen molar-refractivity contribution in [3.05, 3.63) is 29.3 Å². The minimum atomic E-state index is -1.23. The van der Waals surface area contributed by atoms with E-state index in [1.807, 2.05) is 0 Å². The summed E-state index contributed by atoms with van der Waals surface area (Å²) in [6, 6.07) is 1.37. The number of phenols is 1. The van der Waals surface area contributed by atoms with Crippen molar-refractivity contribution in [2.75, 3.05) is 14.2 Å². The summed E-state index contributed by atoms with van der Waals surface area (Å²) in [6.07, 6.45) is -1.23. The average Bonchev–Trinajstić information content (AvgIpc) is 3.21. The van der Waals surface area contributed by atoms with Crippen molar-refractivity contribution in [3.63, 3.8) is 0 Å². The molecule has 2 aliphatic rings. The first kappa shape index (κ1) is 21.7. The molecule has 11 heteroatoms. The number of esters is 2. The van der Waals surface area contributed by atoms with Crippen LogP contribution in [0.2, 0.25) is 0 Å². The smallest absolute Gasteiger partial charge is 0.331 e. The van der Waals surface area contributed by atoms with Crippen LogP contribution in [0, 0.1) is 0 Å². The molecule has 0 aliphatic carbocycles. The topological polar surface area (TPSA) is 166 Å². The number of benzene rings is 1. The van der Waals surface area contributed by atoms with Crippen LogP contribution < -0.4 is 9.47 Å². The quantitative estimate of drug-likeness (QED) is 0.499. The molecule has 0 aromatic heterocycles. The van der Waals surface area contributed by atoms with Crippen LogP contribution in [0.15, 0.2) is 18.2 Å². The zero-order valence-electron chi connectivity index (χ0n) is 16.4. The van der Waals surface area contributed by atoms with Crippen molar-refractivity contribution < 1.29 is 53.4 Å². The number of hydrogen-bond acceptors (Lipinski definition) is 9. The first-order valence-electron chi connectivity index (χ1n) is 8.92. The molecule has 2 aliphatic heterocycles. The Hall–Kier alpha value is -4.02. The van der Waals surface area contributed by atoms with E-state index < -0.39 is 54.7 Å². The van der Waals surface area contributed by atoms with Gasteiger partial charge in [0.15, 0.2) is 11.5 Å². The number of carbonyl (C=O) groups is 4. The van der Waals surface area contributed by atoms with Gasteiger partial charge in [0, 0.05) is 28.9 Å². The summed E-state index contributed by atoms with van der Waals surface area (Å²) in [5.74, 6) is -4.62. The SMILES string of the molecule is COc1cc(C2=CC(=O)OC2CC(=O)O)c(OC)c(O)c1C1=CC(=O)OC1CC(=O)O. The summed E-state index contributed by atoms with van der Waals surface area (Å²) in [6.45, 7) is 0. The third kappa shape index (κ3) is 4.15. The van der Waals surface area contributed by atoms with E-state index in [1.54, 1.807) is 0 Å². The maximum absolute atomic E-state index is 11.8.